The van der Waals surface area contributed by atoms with Gasteiger partial charge in [-0.15, -0.1) is 0 Å². The predicted octanol–water partition coefficient (Wildman–Crippen LogP) is 6.06. The molecule has 0 saturated heterocycles. The number of hydrogen-bond donors (Lipinski definition) is 1. The van der Waals surface area contributed by atoms with E-state index in [1.807, 2.05) is 72.1 Å². The smallest absolute Gasteiger partial charge is 0.241 e. The Morgan fingerprint density at radius 2 is 1.81 bits per heavy atom. The van der Waals surface area contributed by atoms with Crippen LogP contribution in [-0.4, -0.2) is 23.9 Å². The Labute approximate surface area is 248 Å². The summed E-state index contributed by atoms with van der Waals surface area (Å²) in [4.78, 5) is 21.0. The zero-order valence-corrected chi connectivity index (χ0v) is 25.4. The lowest BCUT2D eigenvalue weighted by atomic mass is 9.87. The van der Waals surface area contributed by atoms with Gasteiger partial charge >= 0.3 is 0 Å². The molecule has 0 spiro atoms. The van der Waals surface area contributed by atoms with Crippen LogP contribution in [0.5, 0.6) is 0 Å². The van der Waals surface area contributed by atoms with Gasteiger partial charge in [0.05, 0.1) is 17.4 Å². The van der Waals surface area contributed by atoms with Crippen LogP contribution in [0, 0.1) is 18.3 Å². The third kappa shape index (κ3) is 5.29. The molecule has 4 aromatic rings. The summed E-state index contributed by atoms with van der Waals surface area (Å²) in [7, 11) is -1.78. The number of benzene rings is 3. The number of aromatic nitrogens is 2. The fourth-order valence-electron chi connectivity index (χ4n) is 6.59. The first kappa shape index (κ1) is 28.4. The molecule has 6 rings (SSSR count). The van der Waals surface area contributed by atoms with E-state index in [1.165, 1.54) is 5.56 Å². The van der Waals surface area contributed by atoms with Crippen LogP contribution < -0.4 is 9.62 Å². The van der Waals surface area contributed by atoms with E-state index in [9.17, 15) is 13.2 Å². The second-order valence-electron chi connectivity index (χ2n) is 12.3. The standard InChI is InChI=1S/C34H38N4O3S/c1-23-13-17-27(18-14-23)42(40,41)36-29-12-8-11-24-15-16-26(21-28(24)29)38(22-30-35-19-20-37(30)4)33(39)32-31(34(32,2)3)25-9-6-5-7-10-25/h5-7,9-10,13-21,29,31-32,36H,8,11-12,22H2,1-4H3. The number of carbonyl (C=O) groups excluding carboxylic acids is 1. The number of amides is 1. The molecule has 1 aromatic heterocycles. The van der Waals surface area contributed by atoms with Crippen molar-refractivity contribution in [2.24, 2.45) is 18.4 Å². The van der Waals surface area contributed by atoms with E-state index >= 15 is 0 Å². The van der Waals surface area contributed by atoms with Crippen LogP contribution in [0.4, 0.5) is 5.69 Å². The average molecular weight is 583 g/mol. The molecule has 1 fully saturated rings. The first-order chi connectivity index (χ1) is 20.1. The van der Waals surface area contributed by atoms with E-state index in [2.05, 4.69) is 41.8 Å². The zero-order valence-electron chi connectivity index (χ0n) is 24.6. The second kappa shape index (κ2) is 10.8. The molecule has 2 aliphatic carbocycles. The van der Waals surface area contributed by atoms with Gasteiger partial charge in [0.15, 0.2) is 0 Å². The maximum Gasteiger partial charge on any atom is 0.241 e. The Morgan fingerprint density at radius 1 is 1.07 bits per heavy atom. The third-order valence-corrected chi connectivity index (χ3v) is 10.6. The Balaban J connectivity index is 1.35. The molecular formula is C34H38N4O3S. The van der Waals surface area contributed by atoms with Crippen LogP contribution in [0.1, 0.15) is 66.7 Å². The van der Waals surface area contributed by atoms with Crippen molar-refractivity contribution in [3.05, 3.63) is 113 Å². The summed E-state index contributed by atoms with van der Waals surface area (Å²) in [5.41, 5.74) is 4.80. The molecule has 1 amide bonds. The van der Waals surface area contributed by atoms with Crippen LogP contribution in [0.15, 0.2) is 90.1 Å². The van der Waals surface area contributed by atoms with Crippen molar-refractivity contribution in [1.29, 1.82) is 0 Å². The quantitative estimate of drug-likeness (QED) is 0.274. The highest BCUT2D eigenvalue weighted by atomic mass is 32.2. The van der Waals surface area contributed by atoms with Gasteiger partial charge in [-0.25, -0.2) is 18.1 Å². The minimum Gasteiger partial charge on any atom is -0.337 e. The number of rotatable bonds is 8. The maximum absolute atomic E-state index is 14.4. The highest BCUT2D eigenvalue weighted by Crippen LogP contribution is 2.65. The predicted molar refractivity (Wildman–Crippen MR) is 164 cm³/mol. The SMILES string of the molecule is Cc1ccc(S(=O)(=O)NC2CCCc3ccc(N(Cc4nccn4C)C(=O)C4C(c5ccccc5)C4(C)C)cc32)cc1. The van der Waals surface area contributed by atoms with Crippen molar-refractivity contribution in [3.8, 4) is 0 Å². The normalized spacial score (nSPS) is 21.0. The minimum atomic E-state index is -3.72. The van der Waals surface area contributed by atoms with Gasteiger partial charge in [-0.05, 0) is 72.6 Å². The molecule has 7 nitrogen and oxygen atoms in total. The van der Waals surface area contributed by atoms with Gasteiger partial charge in [-0.2, -0.15) is 0 Å². The van der Waals surface area contributed by atoms with E-state index in [-0.39, 0.29) is 34.1 Å². The second-order valence-corrected chi connectivity index (χ2v) is 14.0. The summed E-state index contributed by atoms with van der Waals surface area (Å²) in [6.07, 6.45) is 6.08. The maximum atomic E-state index is 14.4. The molecule has 3 unspecified atom stereocenters. The summed E-state index contributed by atoms with van der Waals surface area (Å²) < 4.78 is 31.6. The lowest BCUT2D eigenvalue weighted by Gasteiger charge is -2.30. The number of fused-ring (bicyclic) bond motifs is 1. The fourth-order valence-corrected chi connectivity index (χ4v) is 7.84. The highest BCUT2D eigenvalue weighted by Gasteiger charge is 2.63. The molecule has 3 aromatic carbocycles. The Kier molecular flexibility index (Phi) is 7.31. The van der Waals surface area contributed by atoms with Gasteiger partial charge in [0.25, 0.3) is 0 Å². The van der Waals surface area contributed by atoms with Crippen LogP contribution >= 0.6 is 0 Å². The largest absolute Gasteiger partial charge is 0.337 e. The molecule has 2 aliphatic rings. The van der Waals surface area contributed by atoms with Crippen molar-refractivity contribution >= 4 is 21.6 Å². The van der Waals surface area contributed by atoms with Crippen molar-refractivity contribution in [2.45, 2.75) is 63.4 Å². The summed E-state index contributed by atoms with van der Waals surface area (Å²) in [6.45, 7) is 6.59. The first-order valence-corrected chi connectivity index (χ1v) is 16.1. The lowest BCUT2D eigenvalue weighted by molar-refractivity contribution is -0.120. The lowest BCUT2D eigenvalue weighted by Crippen LogP contribution is -2.35. The zero-order chi connectivity index (χ0) is 29.6. The Bertz CT molecular complexity index is 1710. The molecule has 218 valence electrons. The monoisotopic (exact) mass is 582 g/mol. The van der Waals surface area contributed by atoms with Gasteiger partial charge in [-0.3, -0.25) is 4.79 Å². The van der Waals surface area contributed by atoms with Crippen molar-refractivity contribution in [3.63, 3.8) is 0 Å². The molecule has 42 heavy (non-hydrogen) atoms. The average Bonchev–Trinajstić information content (AvgIpc) is 3.32. The van der Waals surface area contributed by atoms with Gasteiger partial charge in [0, 0.05) is 37.1 Å². The molecule has 3 atom stereocenters. The van der Waals surface area contributed by atoms with Crippen LogP contribution in [-0.2, 0) is 34.8 Å². The molecule has 0 aliphatic heterocycles. The number of hydrogen-bond acceptors (Lipinski definition) is 4. The molecule has 1 N–H and O–H groups in total. The van der Waals surface area contributed by atoms with Crippen LogP contribution in [0.3, 0.4) is 0 Å². The van der Waals surface area contributed by atoms with Gasteiger partial charge in [0.2, 0.25) is 15.9 Å². The van der Waals surface area contributed by atoms with E-state index in [1.54, 1.807) is 18.3 Å². The Hall–Kier alpha value is -3.75. The molecule has 0 radical (unpaired) electrons. The fraction of sp³-hybridized carbons (Fsp3) is 0.353. The molecule has 8 heteroatoms. The Morgan fingerprint density at radius 3 is 2.50 bits per heavy atom. The van der Waals surface area contributed by atoms with Crippen molar-refractivity contribution in [1.82, 2.24) is 14.3 Å². The minimum absolute atomic E-state index is 0.0596. The highest BCUT2D eigenvalue weighted by molar-refractivity contribution is 7.89. The summed E-state index contributed by atoms with van der Waals surface area (Å²) in [5.74, 6) is 0.797. The summed E-state index contributed by atoms with van der Waals surface area (Å²) >= 11 is 0. The van der Waals surface area contributed by atoms with Gasteiger partial charge in [-0.1, -0.05) is 67.9 Å². The molecule has 0 bridgehead atoms. The summed E-state index contributed by atoms with van der Waals surface area (Å²) in [5, 5.41) is 0. The van der Waals surface area contributed by atoms with E-state index in [0.29, 0.717) is 13.0 Å². The van der Waals surface area contributed by atoms with Gasteiger partial charge in [0.1, 0.15) is 5.82 Å². The number of sulfonamides is 1. The molecular weight excluding hydrogens is 544 g/mol. The topological polar surface area (TPSA) is 84.3 Å². The van der Waals surface area contributed by atoms with Crippen LogP contribution in [0.2, 0.25) is 0 Å². The van der Waals surface area contributed by atoms with Crippen molar-refractivity contribution in [2.75, 3.05) is 4.90 Å². The number of imidazole rings is 1. The number of carbonyl (C=O) groups is 1. The van der Waals surface area contributed by atoms with Gasteiger partial charge < -0.3 is 9.47 Å². The molecule has 1 heterocycles. The summed E-state index contributed by atoms with van der Waals surface area (Å²) in [6, 6.07) is 22.9. The number of aryl methyl sites for hydroxylation is 3. The molecule has 1 saturated carbocycles. The van der Waals surface area contributed by atoms with Crippen molar-refractivity contribution < 1.29 is 13.2 Å². The number of nitrogens with one attached hydrogen (secondary N) is 1. The van der Waals surface area contributed by atoms with Crippen LogP contribution in [0.25, 0.3) is 0 Å². The third-order valence-electron chi connectivity index (χ3n) is 9.12. The number of nitrogens with zero attached hydrogens (tertiary/aromatic N) is 3. The van der Waals surface area contributed by atoms with E-state index < -0.39 is 10.0 Å². The van der Waals surface area contributed by atoms with E-state index in [4.69, 9.17) is 0 Å². The number of anilines is 1. The van der Waals surface area contributed by atoms with E-state index in [0.717, 1.165) is 41.0 Å². The first-order valence-electron chi connectivity index (χ1n) is 14.6.